The number of methoxy groups -OCH3 is 2. The Hall–Kier alpha value is -2.60. The first-order valence-electron chi connectivity index (χ1n) is 8.97. The van der Waals surface area contributed by atoms with Gasteiger partial charge in [-0.3, -0.25) is 4.99 Å². The number of rotatable bonds is 5. The Labute approximate surface area is 169 Å². The number of aromatic nitrogens is 1. The van der Waals surface area contributed by atoms with Crippen LogP contribution in [0.3, 0.4) is 0 Å². The lowest BCUT2D eigenvalue weighted by Crippen LogP contribution is -2.33. The summed E-state index contributed by atoms with van der Waals surface area (Å²) in [4.78, 5) is 30.1. The first kappa shape index (κ1) is 21.7. The Morgan fingerprint density at radius 3 is 2.04 bits per heavy atom. The monoisotopic (exact) mass is 404 g/mol. The molecule has 150 valence electrons. The minimum atomic E-state index is -0.634. The largest absolute Gasteiger partial charge is 0.465 e. The van der Waals surface area contributed by atoms with E-state index in [0.29, 0.717) is 21.6 Å². The van der Waals surface area contributed by atoms with Crippen molar-refractivity contribution in [1.82, 2.24) is 4.57 Å². The number of hydrogen-bond acceptors (Lipinski definition) is 5. The fraction of sp³-hybridized carbons (Fsp3) is 0.381. The predicted molar refractivity (Wildman–Crippen MR) is 109 cm³/mol. The highest BCUT2D eigenvalue weighted by Gasteiger charge is 2.28. The van der Waals surface area contributed by atoms with Gasteiger partial charge in [-0.15, -0.1) is 0 Å². The molecule has 6 nitrogen and oxygen atoms in total. The molecule has 0 saturated heterocycles. The van der Waals surface area contributed by atoms with E-state index in [-0.39, 0.29) is 23.3 Å². The van der Waals surface area contributed by atoms with Crippen molar-refractivity contribution in [2.75, 3.05) is 14.2 Å². The minimum absolute atomic E-state index is 0.0162. The van der Waals surface area contributed by atoms with E-state index < -0.39 is 11.9 Å². The lowest BCUT2D eigenvalue weighted by Gasteiger charge is -2.22. The number of nitrogens with zero attached hydrogens (tertiary/aromatic N) is 2. The van der Waals surface area contributed by atoms with Crippen LogP contribution in [0.1, 0.15) is 54.6 Å². The molecule has 0 saturated carbocycles. The number of carbonyl (C=O) groups excluding carboxylic acids is 2. The molecule has 0 unspecified atom stereocenters. The van der Waals surface area contributed by atoms with Crippen LogP contribution in [0.4, 0.5) is 0 Å². The normalized spacial score (nSPS) is 11.8. The van der Waals surface area contributed by atoms with Crippen molar-refractivity contribution in [3.8, 4) is 11.1 Å². The number of carbonyl (C=O) groups is 2. The third kappa shape index (κ3) is 4.44. The highest BCUT2D eigenvalue weighted by atomic mass is 35.5. The maximum Gasteiger partial charge on any atom is 0.355 e. The van der Waals surface area contributed by atoms with E-state index in [2.05, 4.69) is 4.99 Å². The van der Waals surface area contributed by atoms with Crippen LogP contribution >= 0.6 is 11.6 Å². The number of hydrogen-bond donors (Lipinski definition) is 0. The van der Waals surface area contributed by atoms with E-state index in [9.17, 15) is 9.59 Å². The second kappa shape index (κ2) is 9.06. The van der Waals surface area contributed by atoms with Gasteiger partial charge in [-0.05, 0) is 51.5 Å². The molecule has 1 aromatic carbocycles. The Bertz CT molecular complexity index is 944. The van der Waals surface area contributed by atoms with Gasteiger partial charge in [0.1, 0.15) is 11.2 Å². The number of pyridine rings is 1. The van der Waals surface area contributed by atoms with Gasteiger partial charge in [0.15, 0.2) is 0 Å². The third-order valence-electron chi connectivity index (χ3n) is 4.10. The quantitative estimate of drug-likeness (QED) is 0.697. The first-order valence-corrected chi connectivity index (χ1v) is 9.35. The van der Waals surface area contributed by atoms with Crippen molar-refractivity contribution in [3.63, 3.8) is 0 Å². The summed E-state index contributed by atoms with van der Waals surface area (Å²) in [6.45, 7) is 7.71. The van der Waals surface area contributed by atoms with Gasteiger partial charge in [0.05, 0.1) is 19.8 Å². The van der Waals surface area contributed by atoms with Crippen LogP contribution in [0.15, 0.2) is 35.3 Å². The average Bonchev–Trinajstić information content (AvgIpc) is 2.65. The summed E-state index contributed by atoms with van der Waals surface area (Å²) in [6.07, 6.45) is 0. The van der Waals surface area contributed by atoms with Crippen molar-refractivity contribution in [2.24, 2.45) is 4.99 Å². The highest BCUT2D eigenvalue weighted by molar-refractivity contribution is 6.30. The van der Waals surface area contributed by atoms with Gasteiger partial charge in [-0.2, -0.15) is 0 Å². The fourth-order valence-corrected chi connectivity index (χ4v) is 3.11. The molecule has 0 aliphatic rings. The van der Waals surface area contributed by atoms with Crippen LogP contribution in [0.2, 0.25) is 5.02 Å². The van der Waals surface area contributed by atoms with Gasteiger partial charge in [0.2, 0.25) is 0 Å². The molecule has 0 aliphatic heterocycles. The number of halogens is 1. The van der Waals surface area contributed by atoms with Crippen LogP contribution in [-0.4, -0.2) is 36.8 Å². The van der Waals surface area contributed by atoms with Gasteiger partial charge in [-0.1, -0.05) is 23.7 Å². The Kier molecular flexibility index (Phi) is 7.02. The molecule has 1 heterocycles. The molecule has 2 aromatic rings. The summed E-state index contributed by atoms with van der Waals surface area (Å²) in [7, 11) is 2.56. The molecular formula is C21H25ClN2O4. The molecule has 0 fully saturated rings. The Morgan fingerprint density at radius 2 is 1.57 bits per heavy atom. The van der Waals surface area contributed by atoms with E-state index in [4.69, 9.17) is 21.1 Å². The summed E-state index contributed by atoms with van der Waals surface area (Å²) in [5.41, 5.74) is 2.05. The third-order valence-corrected chi connectivity index (χ3v) is 4.35. The smallest absolute Gasteiger partial charge is 0.355 e. The summed E-state index contributed by atoms with van der Waals surface area (Å²) in [5.74, 6) is -1.26. The van der Waals surface area contributed by atoms with Gasteiger partial charge >= 0.3 is 11.9 Å². The molecule has 0 spiro atoms. The molecular weight excluding hydrogens is 380 g/mol. The van der Waals surface area contributed by atoms with Crippen LogP contribution in [0.5, 0.6) is 0 Å². The summed E-state index contributed by atoms with van der Waals surface area (Å²) in [6, 6.07) is 8.64. The van der Waals surface area contributed by atoms with Crippen molar-refractivity contribution in [1.29, 1.82) is 0 Å². The van der Waals surface area contributed by atoms with Crippen LogP contribution in [-0.2, 0) is 9.47 Å². The van der Waals surface area contributed by atoms with Gasteiger partial charge < -0.3 is 14.0 Å². The molecule has 28 heavy (non-hydrogen) atoms. The van der Waals surface area contributed by atoms with Crippen molar-refractivity contribution in [3.05, 3.63) is 52.1 Å². The zero-order valence-corrected chi connectivity index (χ0v) is 17.7. The zero-order valence-electron chi connectivity index (χ0n) is 16.9. The van der Waals surface area contributed by atoms with E-state index in [1.54, 1.807) is 34.9 Å². The van der Waals surface area contributed by atoms with E-state index >= 15 is 0 Å². The van der Waals surface area contributed by atoms with Crippen molar-refractivity contribution < 1.29 is 19.1 Å². The standard InChI is InChI=1S/C21H25ClN2O4/c1-12(2)23-17-11-16(14-7-9-15(22)10-8-14)18(20(25)27-5)19(21(26)28-6)24(17)13(3)4/h7-13H,1-6H3. The molecule has 0 bridgehead atoms. The van der Waals surface area contributed by atoms with Crippen LogP contribution in [0, 0.1) is 0 Å². The maximum absolute atomic E-state index is 12.7. The van der Waals surface area contributed by atoms with Gasteiger partial charge in [0.25, 0.3) is 0 Å². The molecule has 0 atom stereocenters. The van der Waals surface area contributed by atoms with Crippen molar-refractivity contribution in [2.45, 2.75) is 39.8 Å². The zero-order chi connectivity index (χ0) is 21.0. The second-order valence-corrected chi connectivity index (χ2v) is 7.25. The van der Waals surface area contributed by atoms with Crippen molar-refractivity contribution >= 4 is 23.5 Å². The molecule has 0 amide bonds. The first-order chi connectivity index (χ1) is 13.2. The summed E-state index contributed by atoms with van der Waals surface area (Å²) >= 11 is 6.01. The summed E-state index contributed by atoms with van der Waals surface area (Å²) in [5, 5.41) is 0.567. The molecule has 7 heteroatoms. The fourth-order valence-electron chi connectivity index (χ4n) is 2.98. The molecule has 2 rings (SSSR count). The Balaban J connectivity index is 3.08. The lowest BCUT2D eigenvalue weighted by atomic mass is 9.97. The number of benzene rings is 1. The van der Waals surface area contributed by atoms with Crippen LogP contribution in [0.25, 0.3) is 11.1 Å². The van der Waals surface area contributed by atoms with Gasteiger partial charge in [0, 0.05) is 22.7 Å². The summed E-state index contributed by atoms with van der Waals surface area (Å²) < 4.78 is 11.7. The minimum Gasteiger partial charge on any atom is -0.465 e. The average molecular weight is 405 g/mol. The number of ether oxygens (including phenoxy) is 2. The molecule has 0 radical (unpaired) electrons. The van der Waals surface area contributed by atoms with Crippen LogP contribution < -0.4 is 5.49 Å². The number of esters is 2. The highest BCUT2D eigenvalue weighted by Crippen LogP contribution is 2.28. The molecule has 1 aromatic heterocycles. The lowest BCUT2D eigenvalue weighted by molar-refractivity contribution is 0.0542. The maximum atomic E-state index is 12.7. The molecule has 0 aliphatic carbocycles. The van der Waals surface area contributed by atoms with E-state index in [1.807, 2.05) is 27.7 Å². The molecule has 0 N–H and O–H groups in total. The Morgan fingerprint density at radius 1 is 1.00 bits per heavy atom. The van der Waals surface area contributed by atoms with E-state index in [1.165, 1.54) is 14.2 Å². The van der Waals surface area contributed by atoms with Gasteiger partial charge in [-0.25, -0.2) is 9.59 Å². The van der Waals surface area contributed by atoms with E-state index in [0.717, 1.165) is 0 Å². The topological polar surface area (TPSA) is 69.9 Å². The SMILES string of the molecule is COC(=O)c1c(-c2ccc(Cl)cc2)cc(=NC(C)C)n(C(C)C)c1C(=O)OC. The predicted octanol–water partition coefficient (Wildman–Crippen LogP) is 4.27. The second-order valence-electron chi connectivity index (χ2n) is 6.82.